The van der Waals surface area contributed by atoms with Gasteiger partial charge in [0.1, 0.15) is 12.1 Å². The van der Waals surface area contributed by atoms with E-state index in [1.807, 2.05) is 4.90 Å². The number of halogens is 2. The zero-order chi connectivity index (χ0) is 27.1. The lowest BCUT2D eigenvalue weighted by Crippen LogP contribution is -2.49. The number of methoxy groups -OCH3 is 1. The van der Waals surface area contributed by atoms with Crippen molar-refractivity contribution >= 4 is 39.9 Å². The zero-order valence-electron chi connectivity index (χ0n) is 21.8. The molecule has 2 aliphatic rings. The average Bonchev–Trinajstić information content (AvgIpc) is 2.93. The number of fused-ring (bicyclic) bond motifs is 1. The maximum atomic E-state index is 14.0. The number of aromatic hydroxyl groups is 1. The van der Waals surface area contributed by atoms with E-state index >= 15 is 0 Å². The van der Waals surface area contributed by atoms with E-state index in [1.165, 1.54) is 44.8 Å². The number of carbonyl (C=O) groups excluding carboxylic acids is 1. The molecule has 5 rings (SSSR count). The summed E-state index contributed by atoms with van der Waals surface area (Å²) in [5, 5.41) is 13.3. The molecule has 2 saturated heterocycles. The number of amides is 1. The van der Waals surface area contributed by atoms with Gasteiger partial charge in [-0.15, -0.1) is 0 Å². The fourth-order valence-electron chi connectivity index (χ4n) is 4.50. The van der Waals surface area contributed by atoms with E-state index in [0.29, 0.717) is 29.2 Å². The van der Waals surface area contributed by atoms with Crippen molar-refractivity contribution in [2.45, 2.75) is 19.3 Å². The van der Waals surface area contributed by atoms with Crippen LogP contribution in [-0.2, 0) is 4.79 Å². The van der Waals surface area contributed by atoms with Crippen LogP contribution in [0.4, 0.5) is 15.9 Å². The first kappa shape index (κ1) is 27.8. The van der Waals surface area contributed by atoms with Crippen LogP contribution >= 0.6 is 11.6 Å². The first-order chi connectivity index (χ1) is 18.4. The predicted octanol–water partition coefficient (Wildman–Crippen LogP) is 4.13. The largest absolute Gasteiger partial charge is 0.504 e. The van der Waals surface area contributed by atoms with Crippen molar-refractivity contribution in [1.82, 2.24) is 24.7 Å². The number of nitrogens with one attached hydrogen (secondary N) is 1. The number of piperazine rings is 1. The molecule has 2 N–H and O–H groups in total. The Bertz CT molecular complexity index is 1250. The van der Waals surface area contributed by atoms with E-state index < -0.39 is 5.82 Å². The summed E-state index contributed by atoms with van der Waals surface area (Å²) < 4.78 is 19.1. The quantitative estimate of drug-likeness (QED) is 0.495. The summed E-state index contributed by atoms with van der Waals surface area (Å²) in [7, 11) is 3.58. The first-order valence-corrected chi connectivity index (χ1v) is 13.1. The van der Waals surface area contributed by atoms with E-state index in [-0.39, 0.29) is 22.2 Å². The Kier molecular flexibility index (Phi) is 9.54. The molecule has 1 aromatic heterocycles. The third-order valence-electron chi connectivity index (χ3n) is 6.80. The molecule has 11 heteroatoms. The number of anilines is 2. The van der Waals surface area contributed by atoms with Crippen molar-refractivity contribution < 1.29 is 19.0 Å². The minimum Gasteiger partial charge on any atom is -0.504 e. The summed E-state index contributed by atoms with van der Waals surface area (Å²) in [4.78, 5) is 26.9. The number of nitrogens with zero attached hydrogens (tertiary/aromatic N) is 5. The van der Waals surface area contributed by atoms with E-state index in [0.717, 1.165) is 39.3 Å². The molecule has 1 amide bonds. The number of likely N-dealkylation sites (N-methyl/N-ethyl adjacent to an activating group) is 1. The Morgan fingerprint density at radius 3 is 2.55 bits per heavy atom. The van der Waals surface area contributed by atoms with Crippen molar-refractivity contribution in [2.24, 2.45) is 0 Å². The SMILES string of the molecule is CN1CCN(CC(=O)N2CCCCC2)CC1.COc1cc2c(Nc3cccc(Cl)c3F)ncnc2cc1O. The number of hydrogen-bond acceptors (Lipinski definition) is 8. The number of hydrogen-bond donors (Lipinski definition) is 2. The number of carbonyl (C=O) groups is 1. The topological polar surface area (TPSA) is 94.1 Å². The number of ether oxygens (including phenoxy) is 1. The Labute approximate surface area is 227 Å². The highest BCUT2D eigenvalue weighted by Crippen LogP contribution is 2.34. The first-order valence-electron chi connectivity index (χ1n) is 12.8. The third kappa shape index (κ3) is 7.00. The summed E-state index contributed by atoms with van der Waals surface area (Å²) in [5.41, 5.74) is 0.692. The van der Waals surface area contributed by atoms with E-state index in [4.69, 9.17) is 16.3 Å². The van der Waals surface area contributed by atoms with Gasteiger partial charge in [0.25, 0.3) is 0 Å². The summed E-state index contributed by atoms with van der Waals surface area (Å²) in [6.45, 7) is 6.85. The van der Waals surface area contributed by atoms with Crippen LogP contribution in [0.3, 0.4) is 0 Å². The number of benzene rings is 2. The second-order valence-corrected chi connectivity index (χ2v) is 9.92. The third-order valence-corrected chi connectivity index (χ3v) is 7.10. The predicted molar refractivity (Wildman–Crippen MR) is 147 cm³/mol. The maximum absolute atomic E-state index is 14.0. The van der Waals surface area contributed by atoms with Crippen molar-refractivity contribution in [3.05, 3.63) is 47.5 Å². The molecule has 3 heterocycles. The van der Waals surface area contributed by atoms with E-state index in [9.17, 15) is 14.3 Å². The highest BCUT2D eigenvalue weighted by atomic mass is 35.5. The van der Waals surface area contributed by atoms with Crippen LogP contribution in [0.2, 0.25) is 5.02 Å². The molecule has 0 radical (unpaired) electrons. The molecule has 0 saturated carbocycles. The van der Waals surface area contributed by atoms with Crippen molar-refractivity contribution in [1.29, 1.82) is 0 Å². The minimum absolute atomic E-state index is 0.0126. The summed E-state index contributed by atoms with van der Waals surface area (Å²) in [6, 6.07) is 7.67. The number of aromatic nitrogens is 2. The molecule has 2 aliphatic heterocycles. The van der Waals surface area contributed by atoms with Gasteiger partial charge in [-0.3, -0.25) is 9.69 Å². The number of phenols is 1. The summed E-state index contributed by atoms with van der Waals surface area (Å²) in [5.74, 6) is 0.390. The molecule has 0 unspecified atom stereocenters. The van der Waals surface area contributed by atoms with E-state index in [2.05, 4.69) is 32.1 Å². The van der Waals surface area contributed by atoms with Crippen LogP contribution in [0.15, 0.2) is 36.7 Å². The fourth-order valence-corrected chi connectivity index (χ4v) is 4.68. The Morgan fingerprint density at radius 2 is 1.84 bits per heavy atom. The lowest BCUT2D eigenvalue weighted by molar-refractivity contribution is -0.133. The normalized spacial score (nSPS) is 16.6. The molecular formula is C27H34ClFN6O3. The van der Waals surface area contributed by atoms with Crippen molar-refractivity contribution in [3.8, 4) is 11.5 Å². The van der Waals surface area contributed by atoms with E-state index in [1.54, 1.807) is 18.2 Å². The van der Waals surface area contributed by atoms with Gasteiger partial charge in [-0.05, 0) is 44.5 Å². The Balaban J connectivity index is 0.000000186. The van der Waals surface area contributed by atoms with Crippen LogP contribution < -0.4 is 10.1 Å². The monoisotopic (exact) mass is 544 g/mol. The highest BCUT2D eigenvalue weighted by Gasteiger charge is 2.21. The maximum Gasteiger partial charge on any atom is 0.236 e. The second-order valence-electron chi connectivity index (χ2n) is 9.51. The number of piperidine rings is 1. The lowest BCUT2D eigenvalue weighted by Gasteiger charge is -2.34. The van der Waals surface area contributed by atoms with Crippen LogP contribution in [0.25, 0.3) is 10.9 Å². The molecule has 2 aromatic carbocycles. The molecule has 3 aromatic rings. The van der Waals surface area contributed by atoms with Crippen LogP contribution in [0.1, 0.15) is 19.3 Å². The molecule has 38 heavy (non-hydrogen) atoms. The fraction of sp³-hybridized carbons (Fsp3) is 0.444. The van der Waals surface area contributed by atoms with Crippen molar-refractivity contribution in [3.63, 3.8) is 0 Å². The van der Waals surface area contributed by atoms with Gasteiger partial charge in [0.05, 0.1) is 29.9 Å². The average molecular weight is 545 g/mol. The minimum atomic E-state index is -0.568. The second kappa shape index (κ2) is 13.0. The van der Waals surface area contributed by atoms with Gasteiger partial charge in [0, 0.05) is 50.7 Å². The van der Waals surface area contributed by atoms with Gasteiger partial charge in [0.2, 0.25) is 5.91 Å². The van der Waals surface area contributed by atoms with Gasteiger partial charge in [-0.1, -0.05) is 17.7 Å². The molecule has 0 aliphatic carbocycles. The standard InChI is InChI=1S/C15H11ClFN3O2.C12H23N3O/c1-22-13-5-8-11(6-12(13)21)18-7-19-15(8)20-10-4-2-3-9(16)14(10)17;1-13-7-9-14(10-8-13)11-12(16)15-5-3-2-4-6-15/h2-7,21H,1H3,(H,18,19,20);2-11H2,1H3. The van der Waals surface area contributed by atoms with Gasteiger partial charge in [-0.2, -0.15) is 0 Å². The van der Waals surface area contributed by atoms with Crippen LogP contribution in [0.5, 0.6) is 11.5 Å². The van der Waals surface area contributed by atoms with Gasteiger partial charge in [-0.25, -0.2) is 14.4 Å². The molecule has 9 nitrogen and oxygen atoms in total. The van der Waals surface area contributed by atoms with Gasteiger partial charge < -0.3 is 25.0 Å². The van der Waals surface area contributed by atoms with Crippen molar-refractivity contribution in [2.75, 3.05) is 65.3 Å². The van der Waals surface area contributed by atoms with Gasteiger partial charge >= 0.3 is 0 Å². The molecule has 0 atom stereocenters. The smallest absolute Gasteiger partial charge is 0.236 e. The highest BCUT2D eigenvalue weighted by molar-refractivity contribution is 6.31. The molecule has 0 bridgehead atoms. The number of rotatable bonds is 5. The molecule has 2 fully saturated rings. The molecule has 204 valence electrons. The van der Waals surface area contributed by atoms with Crippen LogP contribution in [-0.4, -0.2) is 95.7 Å². The summed E-state index contributed by atoms with van der Waals surface area (Å²) >= 11 is 5.77. The zero-order valence-corrected chi connectivity index (χ0v) is 22.5. The number of likely N-dealkylation sites (tertiary alicyclic amines) is 1. The molecular weight excluding hydrogens is 511 g/mol. The Morgan fingerprint density at radius 1 is 1.11 bits per heavy atom. The van der Waals surface area contributed by atoms with Gasteiger partial charge in [0.15, 0.2) is 17.3 Å². The van der Waals surface area contributed by atoms with Crippen LogP contribution in [0, 0.1) is 5.82 Å². The summed E-state index contributed by atoms with van der Waals surface area (Å²) in [6.07, 6.45) is 4.99. The number of phenolic OH excluding ortho intramolecular Hbond substituents is 1. The lowest BCUT2D eigenvalue weighted by atomic mass is 10.1. The Hall–Kier alpha value is -3.21. The molecule has 0 spiro atoms.